The van der Waals surface area contributed by atoms with E-state index in [1.165, 1.54) is 7.11 Å². The van der Waals surface area contributed by atoms with Gasteiger partial charge in [0.25, 0.3) is 0 Å². The first-order valence-electron chi connectivity index (χ1n) is 6.53. The summed E-state index contributed by atoms with van der Waals surface area (Å²) >= 11 is 12.6. The minimum Gasteiger partial charge on any atom is -0.465 e. The summed E-state index contributed by atoms with van der Waals surface area (Å²) in [5, 5.41) is 2.75. The van der Waals surface area contributed by atoms with Gasteiger partial charge in [0.1, 0.15) is 0 Å². The summed E-state index contributed by atoms with van der Waals surface area (Å²) < 4.78 is 4.77. The maximum absolute atomic E-state index is 11.7. The number of ether oxygens (including phenoxy) is 1. The molecular weight excluding hydrogens is 321 g/mol. The van der Waals surface area contributed by atoms with E-state index in [1.807, 2.05) is 12.1 Å². The molecule has 3 aromatic rings. The van der Waals surface area contributed by atoms with Gasteiger partial charge in [-0.05, 0) is 35.7 Å². The zero-order valence-corrected chi connectivity index (χ0v) is 13.2. The van der Waals surface area contributed by atoms with E-state index in [4.69, 9.17) is 27.9 Å². The van der Waals surface area contributed by atoms with Crippen LogP contribution in [0.4, 0.5) is 0 Å². The number of carbonyl (C=O) groups excluding carboxylic acids is 1. The molecule has 0 atom stereocenters. The molecule has 0 saturated carbocycles. The molecule has 0 radical (unpaired) electrons. The number of hydrogen-bond acceptors (Lipinski definition) is 3. The molecular formula is C17H11Cl2NO2. The van der Waals surface area contributed by atoms with Gasteiger partial charge in [-0.3, -0.25) is 4.98 Å². The Hall–Kier alpha value is -2.10. The normalized spacial score (nSPS) is 10.7. The molecule has 3 nitrogen and oxygen atoms in total. The quantitative estimate of drug-likeness (QED) is 0.620. The van der Waals surface area contributed by atoms with Crippen LogP contribution in [0.2, 0.25) is 10.0 Å². The van der Waals surface area contributed by atoms with E-state index in [0.717, 1.165) is 10.8 Å². The zero-order chi connectivity index (χ0) is 15.7. The fraction of sp³-hybridized carbons (Fsp3) is 0.0588. The molecule has 0 aliphatic heterocycles. The Kier molecular flexibility index (Phi) is 4.01. The molecule has 0 saturated heterocycles. The molecule has 2 aromatic carbocycles. The van der Waals surface area contributed by atoms with Gasteiger partial charge in [-0.25, -0.2) is 4.79 Å². The summed E-state index contributed by atoms with van der Waals surface area (Å²) in [5.74, 6) is -0.401. The number of pyridine rings is 1. The van der Waals surface area contributed by atoms with Crippen molar-refractivity contribution in [1.29, 1.82) is 0 Å². The third kappa shape index (κ3) is 2.54. The monoisotopic (exact) mass is 331 g/mol. The molecule has 0 bridgehead atoms. The van der Waals surface area contributed by atoms with Crippen LogP contribution in [0.3, 0.4) is 0 Å². The van der Waals surface area contributed by atoms with E-state index < -0.39 is 5.97 Å². The molecule has 0 fully saturated rings. The van der Waals surface area contributed by atoms with Crippen molar-refractivity contribution >= 4 is 39.9 Å². The summed E-state index contributed by atoms with van der Waals surface area (Å²) in [5.41, 5.74) is 1.74. The molecule has 22 heavy (non-hydrogen) atoms. The highest BCUT2D eigenvalue weighted by molar-refractivity contribution is 6.39. The minimum absolute atomic E-state index is 0.401. The lowest BCUT2D eigenvalue weighted by atomic mass is 10.0. The van der Waals surface area contributed by atoms with E-state index in [-0.39, 0.29) is 0 Å². The zero-order valence-electron chi connectivity index (χ0n) is 11.6. The second kappa shape index (κ2) is 5.95. The second-order valence-electron chi connectivity index (χ2n) is 4.68. The summed E-state index contributed by atoms with van der Waals surface area (Å²) in [6.45, 7) is 0. The Labute approximate surface area is 137 Å². The molecule has 3 rings (SSSR count). The van der Waals surface area contributed by atoms with E-state index in [2.05, 4.69) is 4.98 Å². The number of halogens is 2. The van der Waals surface area contributed by atoms with Crippen LogP contribution in [0.25, 0.3) is 22.0 Å². The van der Waals surface area contributed by atoms with E-state index in [0.29, 0.717) is 26.9 Å². The van der Waals surface area contributed by atoms with Crippen molar-refractivity contribution in [3.05, 3.63) is 64.3 Å². The molecule has 5 heteroatoms. The summed E-state index contributed by atoms with van der Waals surface area (Å²) in [6, 6.07) is 12.5. The number of carbonyl (C=O) groups is 1. The first kappa shape index (κ1) is 14.8. The van der Waals surface area contributed by atoms with Crippen molar-refractivity contribution in [2.24, 2.45) is 0 Å². The van der Waals surface area contributed by atoms with Crippen LogP contribution in [-0.4, -0.2) is 18.1 Å². The van der Waals surface area contributed by atoms with Crippen molar-refractivity contribution in [2.75, 3.05) is 7.11 Å². The maximum atomic E-state index is 11.7. The topological polar surface area (TPSA) is 39.2 Å². The molecule has 0 amide bonds. The van der Waals surface area contributed by atoms with Crippen molar-refractivity contribution in [3.63, 3.8) is 0 Å². The van der Waals surface area contributed by atoms with Crippen molar-refractivity contribution in [3.8, 4) is 11.3 Å². The molecule has 0 spiro atoms. The standard InChI is InChI=1S/C17H11Cl2NO2/c1-22-17(21)11-6-5-10-7-8-20-16(12(10)9-11)15-13(18)3-2-4-14(15)19/h2-9H,1H3. The van der Waals surface area contributed by atoms with Crippen LogP contribution in [0, 0.1) is 0 Å². The molecule has 0 unspecified atom stereocenters. The number of esters is 1. The summed E-state index contributed by atoms with van der Waals surface area (Å²) in [6.07, 6.45) is 1.69. The van der Waals surface area contributed by atoms with Crippen LogP contribution in [-0.2, 0) is 4.74 Å². The van der Waals surface area contributed by atoms with Gasteiger partial charge in [-0.15, -0.1) is 0 Å². The van der Waals surface area contributed by atoms with Crippen molar-refractivity contribution in [2.45, 2.75) is 0 Å². The van der Waals surface area contributed by atoms with Gasteiger partial charge in [0, 0.05) is 17.1 Å². The van der Waals surface area contributed by atoms with Gasteiger partial charge in [-0.2, -0.15) is 0 Å². The number of methoxy groups -OCH3 is 1. The second-order valence-corrected chi connectivity index (χ2v) is 5.50. The predicted molar refractivity (Wildman–Crippen MR) is 88.5 cm³/mol. The van der Waals surface area contributed by atoms with Crippen LogP contribution in [0.1, 0.15) is 10.4 Å². The lowest BCUT2D eigenvalue weighted by Crippen LogP contribution is -2.01. The average molecular weight is 332 g/mol. The van der Waals surface area contributed by atoms with Crippen LogP contribution < -0.4 is 0 Å². The Morgan fingerprint density at radius 1 is 1.09 bits per heavy atom. The fourth-order valence-electron chi connectivity index (χ4n) is 2.34. The Morgan fingerprint density at radius 2 is 1.82 bits per heavy atom. The third-order valence-corrected chi connectivity index (χ3v) is 4.02. The Morgan fingerprint density at radius 3 is 2.50 bits per heavy atom. The molecule has 110 valence electrons. The SMILES string of the molecule is COC(=O)c1ccc2ccnc(-c3c(Cl)cccc3Cl)c2c1. The average Bonchev–Trinajstić information content (AvgIpc) is 2.53. The van der Waals surface area contributed by atoms with Gasteiger partial charge in [-0.1, -0.05) is 35.3 Å². The highest BCUT2D eigenvalue weighted by Gasteiger charge is 2.14. The molecule has 0 aliphatic carbocycles. The van der Waals surface area contributed by atoms with Gasteiger partial charge < -0.3 is 4.74 Å². The lowest BCUT2D eigenvalue weighted by Gasteiger charge is -2.10. The summed E-state index contributed by atoms with van der Waals surface area (Å²) in [7, 11) is 1.35. The highest BCUT2D eigenvalue weighted by Crippen LogP contribution is 2.37. The number of hydrogen-bond donors (Lipinski definition) is 0. The third-order valence-electron chi connectivity index (χ3n) is 3.39. The molecule has 1 aromatic heterocycles. The number of benzene rings is 2. The van der Waals surface area contributed by atoms with Gasteiger partial charge in [0.15, 0.2) is 0 Å². The molecule has 1 heterocycles. The smallest absolute Gasteiger partial charge is 0.337 e. The summed E-state index contributed by atoms with van der Waals surface area (Å²) in [4.78, 5) is 16.1. The first-order chi connectivity index (χ1) is 10.6. The maximum Gasteiger partial charge on any atom is 0.337 e. The Balaban J connectivity index is 2.32. The van der Waals surface area contributed by atoms with Crippen LogP contribution in [0.15, 0.2) is 48.7 Å². The first-order valence-corrected chi connectivity index (χ1v) is 7.29. The van der Waals surface area contributed by atoms with E-state index >= 15 is 0 Å². The van der Waals surface area contributed by atoms with E-state index in [1.54, 1.807) is 36.5 Å². The Bertz CT molecular complexity index is 857. The number of nitrogens with zero attached hydrogens (tertiary/aromatic N) is 1. The number of fused-ring (bicyclic) bond motifs is 1. The van der Waals surface area contributed by atoms with E-state index in [9.17, 15) is 4.79 Å². The number of aromatic nitrogens is 1. The predicted octanol–water partition coefficient (Wildman–Crippen LogP) is 5.00. The molecule has 0 aliphatic rings. The number of rotatable bonds is 2. The van der Waals surface area contributed by atoms with Gasteiger partial charge in [0.05, 0.1) is 28.4 Å². The van der Waals surface area contributed by atoms with Crippen molar-refractivity contribution < 1.29 is 9.53 Å². The lowest BCUT2D eigenvalue weighted by molar-refractivity contribution is 0.0601. The van der Waals surface area contributed by atoms with Gasteiger partial charge in [0.2, 0.25) is 0 Å². The fourth-order valence-corrected chi connectivity index (χ4v) is 2.91. The van der Waals surface area contributed by atoms with Crippen LogP contribution >= 0.6 is 23.2 Å². The van der Waals surface area contributed by atoms with Gasteiger partial charge >= 0.3 is 5.97 Å². The minimum atomic E-state index is -0.401. The van der Waals surface area contributed by atoms with Crippen LogP contribution in [0.5, 0.6) is 0 Å². The molecule has 0 N–H and O–H groups in total. The highest BCUT2D eigenvalue weighted by atomic mass is 35.5. The largest absolute Gasteiger partial charge is 0.465 e. The van der Waals surface area contributed by atoms with Crippen molar-refractivity contribution in [1.82, 2.24) is 4.98 Å².